The Balaban J connectivity index is 2.40. The van der Waals surface area contributed by atoms with Crippen molar-refractivity contribution in [2.75, 3.05) is 24.5 Å². The summed E-state index contributed by atoms with van der Waals surface area (Å²) in [5, 5.41) is 0. The number of carbonyl (C=O) groups excluding carboxylic acids is 1. The second-order valence-corrected chi connectivity index (χ2v) is 4.94. The third-order valence-electron chi connectivity index (χ3n) is 3.51. The van der Waals surface area contributed by atoms with Crippen LogP contribution < -0.4 is 16.4 Å². The third kappa shape index (κ3) is 2.31. The number of primary amides is 1. The van der Waals surface area contributed by atoms with Gasteiger partial charge < -0.3 is 16.4 Å². The molecule has 2 rings (SSSR count). The van der Waals surface area contributed by atoms with Gasteiger partial charge in [-0.05, 0) is 38.8 Å². The summed E-state index contributed by atoms with van der Waals surface area (Å²) in [7, 11) is 0. The van der Waals surface area contributed by atoms with E-state index in [-0.39, 0.29) is 0 Å². The lowest BCUT2D eigenvalue weighted by molar-refractivity contribution is 0.1000. The molecule has 0 saturated carbocycles. The number of nitrogens with zero attached hydrogens (tertiary/aromatic N) is 2. The molecule has 1 fully saturated rings. The Hall–Kier alpha value is -1.62. The SMILES string of the molecule is Cc1cc(N2CCC(CN)C2)c(C(N)=O)c(C)n1. The van der Waals surface area contributed by atoms with E-state index < -0.39 is 5.91 Å². The molecule has 4 N–H and O–H groups in total. The van der Waals surface area contributed by atoms with Crippen LogP contribution in [0.3, 0.4) is 0 Å². The molecule has 1 aliphatic heterocycles. The van der Waals surface area contributed by atoms with Crippen molar-refractivity contribution in [3.05, 3.63) is 23.0 Å². The summed E-state index contributed by atoms with van der Waals surface area (Å²) in [5.74, 6) is 0.0886. The molecule has 0 bridgehead atoms. The summed E-state index contributed by atoms with van der Waals surface area (Å²) in [5.41, 5.74) is 14.2. The van der Waals surface area contributed by atoms with Gasteiger partial charge in [-0.3, -0.25) is 9.78 Å². The average molecular weight is 248 g/mol. The molecule has 0 radical (unpaired) electrons. The highest BCUT2D eigenvalue weighted by Gasteiger charge is 2.25. The molecule has 98 valence electrons. The van der Waals surface area contributed by atoms with Crippen LogP contribution in [0.4, 0.5) is 5.69 Å². The number of anilines is 1. The second kappa shape index (κ2) is 4.94. The number of carbonyl (C=O) groups is 1. The second-order valence-electron chi connectivity index (χ2n) is 4.94. The van der Waals surface area contributed by atoms with E-state index in [0.717, 1.165) is 30.9 Å². The first-order chi connectivity index (χ1) is 8.52. The van der Waals surface area contributed by atoms with Gasteiger partial charge in [0, 0.05) is 18.8 Å². The maximum absolute atomic E-state index is 11.6. The smallest absolute Gasteiger partial charge is 0.252 e. The summed E-state index contributed by atoms with van der Waals surface area (Å²) in [4.78, 5) is 18.1. The third-order valence-corrected chi connectivity index (χ3v) is 3.51. The summed E-state index contributed by atoms with van der Waals surface area (Å²) in [6.07, 6.45) is 1.06. The normalized spacial score (nSPS) is 19.3. The van der Waals surface area contributed by atoms with Gasteiger partial charge in [0.05, 0.1) is 16.9 Å². The van der Waals surface area contributed by atoms with Crippen molar-refractivity contribution < 1.29 is 4.79 Å². The zero-order valence-corrected chi connectivity index (χ0v) is 10.9. The first-order valence-corrected chi connectivity index (χ1v) is 6.26. The van der Waals surface area contributed by atoms with Crippen LogP contribution >= 0.6 is 0 Å². The van der Waals surface area contributed by atoms with E-state index in [4.69, 9.17) is 11.5 Å². The van der Waals surface area contributed by atoms with Crippen LogP contribution in [-0.4, -0.2) is 30.5 Å². The predicted octanol–water partition coefficient (Wildman–Crippen LogP) is 0.582. The average Bonchev–Trinajstić information content (AvgIpc) is 2.75. The molecule has 18 heavy (non-hydrogen) atoms. The fourth-order valence-corrected chi connectivity index (χ4v) is 2.61. The first kappa shape index (κ1) is 12.8. The minimum absolute atomic E-state index is 0.411. The molecule has 0 aromatic carbocycles. The molecule has 1 unspecified atom stereocenters. The van der Waals surface area contributed by atoms with Gasteiger partial charge in [0.25, 0.3) is 5.91 Å². The van der Waals surface area contributed by atoms with Crippen molar-refractivity contribution in [3.8, 4) is 0 Å². The van der Waals surface area contributed by atoms with Crippen LogP contribution in [0.15, 0.2) is 6.07 Å². The van der Waals surface area contributed by atoms with E-state index in [1.807, 2.05) is 19.9 Å². The zero-order valence-electron chi connectivity index (χ0n) is 10.9. The van der Waals surface area contributed by atoms with Gasteiger partial charge in [-0.25, -0.2) is 0 Å². The lowest BCUT2D eigenvalue weighted by atomic mass is 10.1. The molecule has 1 amide bonds. The van der Waals surface area contributed by atoms with E-state index in [1.165, 1.54) is 0 Å². The topological polar surface area (TPSA) is 85.2 Å². The number of rotatable bonds is 3. The zero-order chi connectivity index (χ0) is 13.3. The largest absolute Gasteiger partial charge is 0.370 e. The molecule has 0 aliphatic carbocycles. The van der Waals surface area contributed by atoms with E-state index in [9.17, 15) is 4.79 Å². The highest BCUT2D eigenvalue weighted by Crippen LogP contribution is 2.28. The minimum atomic E-state index is -0.411. The van der Waals surface area contributed by atoms with Gasteiger partial charge in [-0.1, -0.05) is 0 Å². The van der Waals surface area contributed by atoms with Crippen LogP contribution in [0, 0.1) is 19.8 Å². The van der Waals surface area contributed by atoms with E-state index >= 15 is 0 Å². The summed E-state index contributed by atoms with van der Waals surface area (Å²) >= 11 is 0. The number of hydrogen-bond donors (Lipinski definition) is 2. The number of amides is 1. The number of aryl methyl sites for hydroxylation is 2. The lowest BCUT2D eigenvalue weighted by Crippen LogP contribution is -2.27. The highest BCUT2D eigenvalue weighted by molar-refractivity contribution is 5.99. The first-order valence-electron chi connectivity index (χ1n) is 6.26. The van der Waals surface area contributed by atoms with Crippen molar-refractivity contribution >= 4 is 11.6 Å². The van der Waals surface area contributed by atoms with E-state index in [0.29, 0.717) is 23.7 Å². The van der Waals surface area contributed by atoms with E-state index in [2.05, 4.69) is 9.88 Å². The van der Waals surface area contributed by atoms with Gasteiger partial charge >= 0.3 is 0 Å². The molecule has 1 aliphatic rings. The maximum Gasteiger partial charge on any atom is 0.252 e. The lowest BCUT2D eigenvalue weighted by Gasteiger charge is -2.22. The van der Waals surface area contributed by atoms with Crippen molar-refractivity contribution in [2.45, 2.75) is 20.3 Å². The van der Waals surface area contributed by atoms with Gasteiger partial charge in [-0.15, -0.1) is 0 Å². The number of aromatic nitrogens is 1. The Labute approximate surface area is 107 Å². The highest BCUT2D eigenvalue weighted by atomic mass is 16.1. The summed E-state index contributed by atoms with van der Waals surface area (Å²) in [6, 6.07) is 1.94. The monoisotopic (exact) mass is 248 g/mol. The van der Waals surface area contributed by atoms with Crippen molar-refractivity contribution in [3.63, 3.8) is 0 Å². The number of pyridine rings is 1. The summed E-state index contributed by atoms with van der Waals surface area (Å²) in [6.45, 7) is 6.25. The standard InChI is InChI=1S/C13H20N4O/c1-8-5-11(12(13(15)18)9(2)16-8)17-4-3-10(6-14)7-17/h5,10H,3-4,6-7,14H2,1-2H3,(H2,15,18). The van der Waals surface area contributed by atoms with Crippen LogP contribution in [0.2, 0.25) is 0 Å². The summed E-state index contributed by atoms with van der Waals surface area (Å²) < 4.78 is 0. The number of nitrogens with two attached hydrogens (primary N) is 2. The molecular weight excluding hydrogens is 228 g/mol. The molecule has 1 aromatic heterocycles. The van der Waals surface area contributed by atoms with Crippen LogP contribution in [0.25, 0.3) is 0 Å². The fourth-order valence-electron chi connectivity index (χ4n) is 2.61. The Morgan fingerprint density at radius 3 is 2.83 bits per heavy atom. The van der Waals surface area contributed by atoms with Gasteiger partial charge in [0.1, 0.15) is 0 Å². The van der Waals surface area contributed by atoms with Crippen LogP contribution in [-0.2, 0) is 0 Å². The van der Waals surface area contributed by atoms with Gasteiger partial charge in [-0.2, -0.15) is 0 Å². The van der Waals surface area contributed by atoms with E-state index in [1.54, 1.807) is 0 Å². The molecular formula is C13H20N4O. The predicted molar refractivity (Wildman–Crippen MR) is 71.6 cm³/mol. The van der Waals surface area contributed by atoms with Crippen molar-refractivity contribution in [2.24, 2.45) is 17.4 Å². The fraction of sp³-hybridized carbons (Fsp3) is 0.538. The molecule has 2 heterocycles. The Bertz CT molecular complexity index is 472. The minimum Gasteiger partial charge on any atom is -0.370 e. The van der Waals surface area contributed by atoms with Crippen LogP contribution in [0.5, 0.6) is 0 Å². The molecule has 5 nitrogen and oxygen atoms in total. The number of hydrogen-bond acceptors (Lipinski definition) is 4. The Morgan fingerprint density at radius 2 is 2.28 bits per heavy atom. The van der Waals surface area contributed by atoms with Crippen molar-refractivity contribution in [1.82, 2.24) is 4.98 Å². The molecule has 0 spiro atoms. The molecule has 5 heteroatoms. The van der Waals surface area contributed by atoms with Crippen molar-refractivity contribution in [1.29, 1.82) is 0 Å². The molecule has 1 atom stereocenters. The van der Waals surface area contributed by atoms with Gasteiger partial charge in [0.2, 0.25) is 0 Å². The van der Waals surface area contributed by atoms with Crippen LogP contribution in [0.1, 0.15) is 28.2 Å². The maximum atomic E-state index is 11.6. The Morgan fingerprint density at radius 1 is 1.56 bits per heavy atom. The quantitative estimate of drug-likeness (QED) is 0.819. The molecule has 1 saturated heterocycles. The Kier molecular flexibility index (Phi) is 3.52. The molecule has 1 aromatic rings. The van der Waals surface area contributed by atoms with Gasteiger partial charge in [0.15, 0.2) is 0 Å².